The molecule has 0 aromatic heterocycles. The first-order valence-corrected chi connectivity index (χ1v) is 5.11. The lowest BCUT2D eigenvalue weighted by molar-refractivity contribution is -0.119. The second-order valence-corrected chi connectivity index (χ2v) is 4.31. The van der Waals surface area contributed by atoms with Crippen molar-refractivity contribution in [3.63, 3.8) is 0 Å². The summed E-state index contributed by atoms with van der Waals surface area (Å²) in [6.45, 7) is 4.36. The quantitative estimate of drug-likeness (QED) is 0.596. The zero-order valence-corrected chi connectivity index (χ0v) is 8.28. The Hall–Kier alpha value is -1.08. The minimum Gasteiger partial charge on any atom is -0.343 e. The third-order valence-electron chi connectivity index (χ3n) is 3.17. The Morgan fingerprint density at radius 3 is 2.36 bits per heavy atom. The lowest BCUT2D eigenvalue weighted by Gasteiger charge is -2.33. The largest absolute Gasteiger partial charge is 0.343 e. The Morgan fingerprint density at radius 2 is 1.93 bits per heavy atom. The molecule has 1 saturated carbocycles. The Balaban J connectivity index is 1.79. The normalized spacial score (nSPS) is 25.5. The predicted octanol–water partition coefficient (Wildman–Crippen LogP) is 0.0642. The number of nitriles is 1. The number of carbonyl (C=O) groups is 1. The molecular formula is C10H15N3O. The van der Waals surface area contributed by atoms with Gasteiger partial charge in [0.2, 0.25) is 6.41 Å². The third-order valence-corrected chi connectivity index (χ3v) is 3.17. The first-order chi connectivity index (χ1) is 6.78. The van der Waals surface area contributed by atoms with Crippen molar-refractivity contribution in [1.82, 2.24) is 9.80 Å². The van der Waals surface area contributed by atoms with Crippen molar-refractivity contribution in [3.8, 4) is 6.07 Å². The van der Waals surface area contributed by atoms with E-state index in [2.05, 4.69) is 11.0 Å². The Labute approximate surface area is 84.1 Å². The standard InChI is InChI=1S/C10H15N3O/c11-7-10(1-2-10)8-12-3-5-13(9-14)6-4-12/h9H,1-6,8H2. The van der Waals surface area contributed by atoms with Crippen LogP contribution in [-0.2, 0) is 4.79 Å². The highest BCUT2D eigenvalue weighted by Crippen LogP contribution is 2.45. The van der Waals surface area contributed by atoms with Gasteiger partial charge >= 0.3 is 0 Å². The first-order valence-electron chi connectivity index (χ1n) is 5.11. The van der Waals surface area contributed by atoms with E-state index in [1.807, 2.05) is 0 Å². The Kier molecular flexibility index (Phi) is 2.42. The molecule has 0 atom stereocenters. The molecule has 0 aromatic rings. The van der Waals surface area contributed by atoms with Crippen LogP contribution in [-0.4, -0.2) is 48.9 Å². The van der Waals surface area contributed by atoms with Crippen LogP contribution < -0.4 is 0 Å². The summed E-state index contributed by atoms with van der Waals surface area (Å²) in [6.07, 6.45) is 3.02. The molecule has 1 amide bonds. The van der Waals surface area contributed by atoms with Gasteiger partial charge in [0.25, 0.3) is 0 Å². The molecule has 1 saturated heterocycles. The van der Waals surface area contributed by atoms with Gasteiger partial charge in [-0.1, -0.05) is 0 Å². The van der Waals surface area contributed by atoms with Gasteiger partial charge in [-0.3, -0.25) is 9.69 Å². The van der Waals surface area contributed by atoms with Gasteiger partial charge in [-0.2, -0.15) is 5.26 Å². The molecule has 4 nitrogen and oxygen atoms in total. The summed E-state index contributed by atoms with van der Waals surface area (Å²) in [5, 5.41) is 8.94. The van der Waals surface area contributed by atoms with Crippen LogP contribution in [0.1, 0.15) is 12.8 Å². The second kappa shape index (κ2) is 3.58. The number of carbonyl (C=O) groups excluding carboxylic acids is 1. The van der Waals surface area contributed by atoms with Crippen LogP contribution in [0.4, 0.5) is 0 Å². The van der Waals surface area contributed by atoms with Gasteiger partial charge in [-0.15, -0.1) is 0 Å². The minimum absolute atomic E-state index is 0.0383. The van der Waals surface area contributed by atoms with E-state index in [-0.39, 0.29) is 5.41 Å². The van der Waals surface area contributed by atoms with E-state index in [1.165, 1.54) is 0 Å². The van der Waals surface area contributed by atoms with Crippen LogP contribution in [0.3, 0.4) is 0 Å². The smallest absolute Gasteiger partial charge is 0.209 e. The van der Waals surface area contributed by atoms with Gasteiger partial charge in [0.1, 0.15) is 0 Å². The summed E-state index contributed by atoms with van der Waals surface area (Å²) in [5.74, 6) is 0. The molecular weight excluding hydrogens is 178 g/mol. The zero-order chi connectivity index (χ0) is 10.0. The van der Waals surface area contributed by atoms with Crippen LogP contribution >= 0.6 is 0 Å². The molecule has 4 heteroatoms. The van der Waals surface area contributed by atoms with Crippen molar-refractivity contribution in [2.45, 2.75) is 12.8 Å². The SMILES string of the molecule is N#CC1(CN2CCN(C=O)CC2)CC1. The maximum absolute atomic E-state index is 10.5. The van der Waals surface area contributed by atoms with E-state index in [0.717, 1.165) is 52.0 Å². The van der Waals surface area contributed by atoms with Crippen molar-refractivity contribution >= 4 is 6.41 Å². The Bertz CT molecular complexity index is 259. The fourth-order valence-corrected chi connectivity index (χ4v) is 1.91. The summed E-state index contributed by atoms with van der Waals surface area (Å²) in [5.41, 5.74) is -0.0383. The Morgan fingerprint density at radius 1 is 1.29 bits per heavy atom. The van der Waals surface area contributed by atoms with Crippen LogP contribution in [0, 0.1) is 16.7 Å². The number of piperazine rings is 1. The van der Waals surface area contributed by atoms with E-state index in [9.17, 15) is 4.79 Å². The van der Waals surface area contributed by atoms with Crippen LogP contribution in [0.25, 0.3) is 0 Å². The number of rotatable bonds is 3. The average molecular weight is 193 g/mol. The number of hydrogen-bond donors (Lipinski definition) is 0. The molecule has 14 heavy (non-hydrogen) atoms. The van der Waals surface area contributed by atoms with Crippen molar-refractivity contribution in [1.29, 1.82) is 5.26 Å². The average Bonchev–Trinajstić information content (AvgIpc) is 3.00. The third kappa shape index (κ3) is 1.88. The van der Waals surface area contributed by atoms with Crippen LogP contribution in [0.5, 0.6) is 0 Å². The molecule has 0 unspecified atom stereocenters. The molecule has 1 heterocycles. The van der Waals surface area contributed by atoms with Gasteiger partial charge in [0.15, 0.2) is 0 Å². The van der Waals surface area contributed by atoms with Gasteiger partial charge in [0.05, 0.1) is 11.5 Å². The van der Waals surface area contributed by atoms with Crippen molar-refractivity contribution in [2.75, 3.05) is 32.7 Å². The number of amides is 1. The molecule has 1 aliphatic carbocycles. The summed E-state index contributed by atoms with van der Waals surface area (Å²) >= 11 is 0. The summed E-state index contributed by atoms with van der Waals surface area (Å²) in [4.78, 5) is 14.6. The lowest BCUT2D eigenvalue weighted by atomic mass is 10.1. The van der Waals surface area contributed by atoms with Gasteiger partial charge in [-0.25, -0.2) is 0 Å². The van der Waals surface area contributed by atoms with Gasteiger partial charge < -0.3 is 4.90 Å². The molecule has 0 bridgehead atoms. The molecule has 2 rings (SSSR count). The predicted molar refractivity (Wildman–Crippen MR) is 51.4 cm³/mol. The van der Waals surface area contributed by atoms with E-state index in [4.69, 9.17) is 5.26 Å². The van der Waals surface area contributed by atoms with Gasteiger partial charge in [-0.05, 0) is 12.8 Å². The van der Waals surface area contributed by atoms with Crippen molar-refractivity contribution < 1.29 is 4.79 Å². The topological polar surface area (TPSA) is 47.3 Å². The fourth-order valence-electron chi connectivity index (χ4n) is 1.91. The van der Waals surface area contributed by atoms with Gasteiger partial charge in [0, 0.05) is 32.7 Å². The number of nitrogens with zero attached hydrogens (tertiary/aromatic N) is 3. The second-order valence-electron chi connectivity index (χ2n) is 4.31. The van der Waals surface area contributed by atoms with Crippen LogP contribution in [0.2, 0.25) is 0 Å². The minimum atomic E-state index is -0.0383. The van der Waals surface area contributed by atoms with E-state index in [1.54, 1.807) is 4.90 Å². The molecule has 0 aromatic carbocycles. The highest BCUT2D eigenvalue weighted by molar-refractivity contribution is 5.47. The fraction of sp³-hybridized carbons (Fsp3) is 0.800. The van der Waals surface area contributed by atoms with E-state index >= 15 is 0 Å². The molecule has 0 radical (unpaired) electrons. The summed E-state index contributed by atoms with van der Waals surface area (Å²) in [6, 6.07) is 2.40. The summed E-state index contributed by atoms with van der Waals surface area (Å²) < 4.78 is 0. The number of hydrogen-bond acceptors (Lipinski definition) is 3. The van der Waals surface area contributed by atoms with Crippen LogP contribution in [0.15, 0.2) is 0 Å². The molecule has 1 aliphatic heterocycles. The van der Waals surface area contributed by atoms with E-state index < -0.39 is 0 Å². The first kappa shape index (κ1) is 9.47. The maximum atomic E-state index is 10.5. The zero-order valence-electron chi connectivity index (χ0n) is 8.28. The molecule has 76 valence electrons. The molecule has 0 spiro atoms. The highest BCUT2D eigenvalue weighted by Gasteiger charge is 2.44. The van der Waals surface area contributed by atoms with Crippen molar-refractivity contribution in [2.24, 2.45) is 5.41 Å². The lowest BCUT2D eigenvalue weighted by Crippen LogP contribution is -2.47. The molecule has 2 fully saturated rings. The van der Waals surface area contributed by atoms with Crippen molar-refractivity contribution in [3.05, 3.63) is 0 Å². The molecule has 0 N–H and O–H groups in total. The monoisotopic (exact) mass is 193 g/mol. The molecule has 2 aliphatic rings. The maximum Gasteiger partial charge on any atom is 0.209 e. The summed E-state index contributed by atoms with van der Waals surface area (Å²) in [7, 11) is 0. The van der Waals surface area contributed by atoms with E-state index in [0.29, 0.717) is 0 Å². The highest BCUT2D eigenvalue weighted by atomic mass is 16.1.